The van der Waals surface area contributed by atoms with Crippen molar-refractivity contribution in [2.24, 2.45) is 0 Å². The molecule has 0 unspecified atom stereocenters. The van der Waals surface area contributed by atoms with Crippen LogP contribution in [0.2, 0.25) is 0 Å². The van der Waals surface area contributed by atoms with Crippen molar-refractivity contribution >= 4 is 27.5 Å². The Morgan fingerprint density at radius 3 is 2.70 bits per heavy atom. The molecule has 0 saturated carbocycles. The summed E-state index contributed by atoms with van der Waals surface area (Å²) in [6, 6.07) is 11.8. The second-order valence-electron chi connectivity index (χ2n) is 4.39. The molecule has 0 bridgehead atoms. The summed E-state index contributed by atoms with van der Waals surface area (Å²) in [4.78, 5) is 11.8. The Balaban J connectivity index is 1.96. The molecule has 0 aromatic heterocycles. The number of halogens is 2. The van der Waals surface area contributed by atoms with Crippen LogP contribution in [0.4, 0.5) is 10.1 Å². The van der Waals surface area contributed by atoms with Crippen molar-refractivity contribution in [1.29, 1.82) is 0 Å². The number of carbonyl (C=O) groups excluding carboxylic acids is 1. The number of carbonyl (C=O) groups is 1. The maximum absolute atomic E-state index is 13.5. The van der Waals surface area contributed by atoms with Gasteiger partial charge in [-0.1, -0.05) is 34.1 Å². The number of rotatable bonds is 4. The molecule has 0 heterocycles. The van der Waals surface area contributed by atoms with E-state index in [0.717, 1.165) is 10.0 Å². The predicted octanol–water partition coefficient (Wildman–Crippen LogP) is 3.03. The van der Waals surface area contributed by atoms with Crippen molar-refractivity contribution in [1.82, 2.24) is 5.32 Å². The molecule has 20 heavy (non-hydrogen) atoms. The molecule has 1 amide bonds. The number of nitrogens with one attached hydrogen (secondary N) is 1. The lowest BCUT2D eigenvalue weighted by Gasteiger charge is -2.08. The highest BCUT2D eigenvalue weighted by molar-refractivity contribution is 9.10. The van der Waals surface area contributed by atoms with E-state index < -0.39 is 0 Å². The smallest absolute Gasteiger partial charge is 0.224 e. The third kappa shape index (κ3) is 3.81. The van der Waals surface area contributed by atoms with Gasteiger partial charge in [-0.3, -0.25) is 4.79 Å². The van der Waals surface area contributed by atoms with E-state index in [1.54, 1.807) is 24.3 Å². The van der Waals surface area contributed by atoms with Crippen molar-refractivity contribution in [3.63, 3.8) is 0 Å². The van der Waals surface area contributed by atoms with Crippen molar-refractivity contribution in [2.75, 3.05) is 5.73 Å². The first-order valence-electron chi connectivity index (χ1n) is 6.10. The minimum Gasteiger partial charge on any atom is -0.398 e. The minimum atomic E-state index is -0.340. The number of para-hydroxylation sites is 1. The van der Waals surface area contributed by atoms with Gasteiger partial charge in [-0.2, -0.15) is 0 Å². The van der Waals surface area contributed by atoms with Crippen molar-refractivity contribution < 1.29 is 9.18 Å². The molecule has 0 radical (unpaired) electrons. The van der Waals surface area contributed by atoms with Gasteiger partial charge in [0.25, 0.3) is 0 Å². The standard InChI is InChI=1S/C15H14BrFN2O/c16-12-5-6-13(17)11(7-12)9-19-15(20)8-10-3-1-2-4-14(10)18/h1-7H,8-9,18H2,(H,19,20). The fourth-order valence-electron chi connectivity index (χ4n) is 1.80. The molecule has 0 saturated heterocycles. The van der Waals surface area contributed by atoms with E-state index >= 15 is 0 Å². The quantitative estimate of drug-likeness (QED) is 0.843. The van der Waals surface area contributed by atoms with Crippen LogP contribution in [0.3, 0.4) is 0 Å². The van der Waals surface area contributed by atoms with Gasteiger partial charge in [0, 0.05) is 22.3 Å². The Bertz CT molecular complexity index is 631. The summed E-state index contributed by atoms with van der Waals surface area (Å²) < 4.78 is 14.3. The molecule has 3 N–H and O–H groups in total. The zero-order valence-electron chi connectivity index (χ0n) is 10.7. The van der Waals surface area contributed by atoms with Gasteiger partial charge < -0.3 is 11.1 Å². The Morgan fingerprint density at radius 1 is 1.20 bits per heavy atom. The zero-order valence-corrected chi connectivity index (χ0v) is 12.3. The SMILES string of the molecule is Nc1ccccc1CC(=O)NCc1cc(Br)ccc1F. The number of nitrogen functional groups attached to an aromatic ring is 1. The number of hydrogen-bond acceptors (Lipinski definition) is 2. The number of amides is 1. The number of hydrogen-bond donors (Lipinski definition) is 2. The van der Waals surface area contributed by atoms with Crippen LogP contribution >= 0.6 is 15.9 Å². The molecular formula is C15H14BrFN2O. The van der Waals surface area contributed by atoms with E-state index in [0.29, 0.717) is 11.3 Å². The lowest BCUT2D eigenvalue weighted by molar-refractivity contribution is -0.120. The van der Waals surface area contributed by atoms with Gasteiger partial charge in [0.1, 0.15) is 5.82 Å². The molecule has 2 aromatic carbocycles. The third-order valence-corrected chi connectivity index (χ3v) is 3.38. The van der Waals surface area contributed by atoms with E-state index in [1.165, 1.54) is 6.07 Å². The first-order chi connectivity index (χ1) is 9.56. The lowest BCUT2D eigenvalue weighted by Crippen LogP contribution is -2.25. The summed E-state index contributed by atoms with van der Waals surface area (Å²) >= 11 is 3.27. The highest BCUT2D eigenvalue weighted by Crippen LogP contribution is 2.15. The summed E-state index contributed by atoms with van der Waals surface area (Å²) in [6.07, 6.45) is 0.183. The fraction of sp³-hybridized carbons (Fsp3) is 0.133. The fourth-order valence-corrected chi connectivity index (χ4v) is 2.21. The molecule has 0 spiro atoms. The summed E-state index contributed by atoms with van der Waals surface area (Å²) in [5.41, 5.74) is 7.56. The Kier molecular flexibility index (Phi) is 4.74. The summed E-state index contributed by atoms with van der Waals surface area (Å²) in [5.74, 6) is -0.532. The predicted molar refractivity (Wildman–Crippen MR) is 80.5 cm³/mol. The highest BCUT2D eigenvalue weighted by Gasteiger charge is 2.08. The number of benzene rings is 2. The first-order valence-corrected chi connectivity index (χ1v) is 6.89. The molecule has 3 nitrogen and oxygen atoms in total. The normalized spacial score (nSPS) is 10.3. The van der Waals surface area contributed by atoms with Crippen LogP contribution in [-0.2, 0) is 17.8 Å². The van der Waals surface area contributed by atoms with E-state index in [2.05, 4.69) is 21.2 Å². The van der Waals surface area contributed by atoms with Crippen LogP contribution in [0.1, 0.15) is 11.1 Å². The second kappa shape index (κ2) is 6.52. The Labute approximate surface area is 125 Å². The molecule has 0 atom stereocenters. The van der Waals surface area contributed by atoms with Crippen molar-refractivity contribution in [3.05, 3.63) is 63.9 Å². The summed E-state index contributed by atoms with van der Waals surface area (Å²) in [6.45, 7) is 0.150. The van der Waals surface area contributed by atoms with Gasteiger partial charge in [-0.05, 0) is 29.8 Å². The maximum atomic E-state index is 13.5. The van der Waals surface area contributed by atoms with E-state index in [1.807, 2.05) is 12.1 Å². The lowest BCUT2D eigenvalue weighted by atomic mass is 10.1. The molecule has 2 aromatic rings. The second-order valence-corrected chi connectivity index (χ2v) is 5.30. The van der Waals surface area contributed by atoms with Gasteiger partial charge in [0.05, 0.1) is 6.42 Å². The number of nitrogens with two attached hydrogens (primary N) is 1. The third-order valence-electron chi connectivity index (χ3n) is 2.89. The molecule has 104 valence electrons. The summed E-state index contributed by atoms with van der Waals surface area (Å²) in [7, 11) is 0. The summed E-state index contributed by atoms with van der Waals surface area (Å²) in [5, 5.41) is 2.69. The minimum absolute atomic E-state index is 0.150. The molecular weight excluding hydrogens is 323 g/mol. The van der Waals surface area contributed by atoms with Gasteiger partial charge >= 0.3 is 0 Å². The zero-order chi connectivity index (χ0) is 14.5. The largest absolute Gasteiger partial charge is 0.398 e. The molecule has 5 heteroatoms. The van der Waals surface area contributed by atoms with Gasteiger partial charge in [-0.25, -0.2) is 4.39 Å². The molecule has 2 rings (SSSR count). The van der Waals surface area contributed by atoms with Crippen LogP contribution in [0.25, 0.3) is 0 Å². The maximum Gasteiger partial charge on any atom is 0.224 e. The Morgan fingerprint density at radius 2 is 1.95 bits per heavy atom. The monoisotopic (exact) mass is 336 g/mol. The average Bonchev–Trinajstić information content (AvgIpc) is 2.42. The van der Waals surface area contributed by atoms with Crippen LogP contribution in [0, 0.1) is 5.82 Å². The number of anilines is 1. The van der Waals surface area contributed by atoms with Crippen LogP contribution in [-0.4, -0.2) is 5.91 Å². The van der Waals surface area contributed by atoms with E-state index in [-0.39, 0.29) is 24.7 Å². The van der Waals surface area contributed by atoms with E-state index in [9.17, 15) is 9.18 Å². The topological polar surface area (TPSA) is 55.1 Å². The molecule has 0 fully saturated rings. The molecule has 0 aliphatic carbocycles. The van der Waals surface area contributed by atoms with Crippen LogP contribution in [0.15, 0.2) is 46.9 Å². The van der Waals surface area contributed by atoms with Crippen molar-refractivity contribution in [3.8, 4) is 0 Å². The van der Waals surface area contributed by atoms with Crippen LogP contribution in [0.5, 0.6) is 0 Å². The van der Waals surface area contributed by atoms with Crippen LogP contribution < -0.4 is 11.1 Å². The van der Waals surface area contributed by atoms with Crippen molar-refractivity contribution in [2.45, 2.75) is 13.0 Å². The first kappa shape index (κ1) is 14.5. The molecule has 0 aliphatic heterocycles. The van der Waals surface area contributed by atoms with Gasteiger partial charge in [0.15, 0.2) is 0 Å². The van der Waals surface area contributed by atoms with E-state index in [4.69, 9.17) is 5.73 Å². The molecule has 0 aliphatic rings. The van der Waals surface area contributed by atoms with Gasteiger partial charge in [-0.15, -0.1) is 0 Å². The Hall–Kier alpha value is -1.88. The highest BCUT2D eigenvalue weighted by atomic mass is 79.9. The van der Waals surface area contributed by atoms with Gasteiger partial charge in [0.2, 0.25) is 5.91 Å². The average molecular weight is 337 g/mol.